The molecule has 0 bridgehead atoms. The first-order valence-electron chi connectivity index (χ1n) is 10.1. The Kier molecular flexibility index (Phi) is 9.59. The van der Waals surface area contributed by atoms with Gasteiger partial charge in [0.15, 0.2) is 18.2 Å². The zero-order valence-corrected chi connectivity index (χ0v) is 19.3. The van der Waals surface area contributed by atoms with Crippen LogP contribution in [-0.2, 0) is 16.1 Å². The lowest BCUT2D eigenvalue weighted by molar-refractivity contribution is -0.143. The van der Waals surface area contributed by atoms with Gasteiger partial charge in [0.25, 0.3) is 5.91 Å². The van der Waals surface area contributed by atoms with E-state index in [1.165, 1.54) is 23.1 Å². The van der Waals surface area contributed by atoms with Gasteiger partial charge in [-0.2, -0.15) is 0 Å². The molecule has 0 spiro atoms. The number of para-hydroxylation sites is 1. The molecule has 2 amide bonds. The van der Waals surface area contributed by atoms with Crippen LogP contribution in [-0.4, -0.2) is 35.9 Å². The molecular formula is C23H27Cl2FN2O3. The topological polar surface area (TPSA) is 58.6 Å². The van der Waals surface area contributed by atoms with E-state index in [-0.39, 0.29) is 24.1 Å². The second-order valence-electron chi connectivity index (χ2n) is 7.54. The second-order valence-corrected chi connectivity index (χ2v) is 8.38. The number of carbonyl (C=O) groups is 2. The predicted molar refractivity (Wildman–Crippen MR) is 121 cm³/mol. The number of nitrogens with zero attached hydrogens (tertiary/aromatic N) is 1. The van der Waals surface area contributed by atoms with Crippen molar-refractivity contribution in [1.82, 2.24) is 10.2 Å². The van der Waals surface area contributed by atoms with Crippen LogP contribution in [0.15, 0.2) is 42.5 Å². The molecule has 5 nitrogen and oxygen atoms in total. The van der Waals surface area contributed by atoms with E-state index < -0.39 is 24.4 Å². The number of rotatable bonds is 10. The summed E-state index contributed by atoms with van der Waals surface area (Å²) in [6, 6.07) is 10.1. The van der Waals surface area contributed by atoms with Crippen LogP contribution in [0.1, 0.15) is 32.8 Å². The Balaban J connectivity index is 2.25. The van der Waals surface area contributed by atoms with Gasteiger partial charge in [-0.15, -0.1) is 0 Å². The normalized spacial score (nSPS) is 11.8. The molecule has 1 atom stereocenters. The first-order valence-corrected chi connectivity index (χ1v) is 10.9. The Morgan fingerprint density at radius 3 is 2.48 bits per heavy atom. The van der Waals surface area contributed by atoms with Crippen molar-refractivity contribution in [3.63, 3.8) is 0 Å². The average Bonchev–Trinajstić information content (AvgIpc) is 2.72. The molecule has 0 saturated heterocycles. The molecule has 0 fully saturated rings. The Morgan fingerprint density at radius 2 is 1.87 bits per heavy atom. The first kappa shape index (κ1) is 25.0. The zero-order chi connectivity index (χ0) is 23.0. The fourth-order valence-corrected chi connectivity index (χ4v) is 3.43. The van der Waals surface area contributed by atoms with E-state index in [2.05, 4.69) is 5.32 Å². The molecule has 0 aromatic heterocycles. The quantitative estimate of drug-likeness (QED) is 0.528. The van der Waals surface area contributed by atoms with Crippen LogP contribution in [0.25, 0.3) is 0 Å². The highest BCUT2D eigenvalue weighted by Gasteiger charge is 2.29. The van der Waals surface area contributed by atoms with Crippen LogP contribution in [0.3, 0.4) is 0 Å². The van der Waals surface area contributed by atoms with Gasteiger partial charge in [-0.1, -0.05) is 62.2 Å². The number of carbonyl (C=O) groups excluding carboxylic acids is 2. The molecule has 8 heteroatoms. The van der Waals surface area contributed by atoms with Crippen LogP contribution >= 0.6 is 23.2 Å². The van der Waals surface area contributed by atoms with Gasteiger partial charge in [-0.05, 0) is 42.2 Å². The van der Waals surface area contributed by atoms with Crippen LogP contribution in [0, 0.1) is 11.7 Å². The smallest absolute Gasteiger partial charge is 0.261 e. The predicted octanol–water partition coefficient (Wildman–Crippen LogP) is 5.09. The summed E-state index contributed by atoms with van der Waals surface area (Å²) < 4.78 is 19.3. The van der Waals surface area contributed by atoms with Gasteiger partial charge in [-0.3, -0.25) is 9.59 Å². The van der Waals surface area contributed by atoms with Crippen molar-refractivity contribution in [2.45, 2.75) is 39.8 Å². The van der Waals surface area contributed by atoms with Crippen LogP contribution in [0.4, 0.5) is 4.39 Å². The Hall–Kier alpha value is -2.31. The third-order valence-corrected chi connectivity index (χ3v) is 5.20. The van der Waals surface area contributed by atoms with Gasteiger partial charge in [-0.25, -0.2) is 4.39 Å². The largest absolute Gasteiger partial charge is 0.481 e. The lowest BCUT2D eigenvalue weighted by Gasteiger charge is -2.31. The molecule has 2 rings (SSSR count). The van der Waals surface area contributed by atoms with Crippen LogP contribution < -0.4 is 10.1 Å². The second kappa shape index (κ2) is 11.9. The fourth-order valence-electron chi connectivity index (χ4n) is 2.96. The number of amides is 2. The van der Waals surface area contributed by atoms with E-state index in [1.54, 1.807) is 24.3 Å². The monoisotopic (exact) mass is 468 g/mol. The summed E-state index contributed by atoms with van der Waals surface area (Å²) in [5.74, 6) is -1.05. The number of hydrogen-bond acceptors (Lipinski definition) is 3. The summed E-state index contributed by atoms with van der Waals surface area (Å²) in [6.07, 6.45) is 0.389. The lowest BCUT2D eigenvalue weighted by Crippen LogP contribution is -2.50. The van der Waals surface area contributed by atoms with Gasteiger partial charge in [0, 0.05) is 23.1 Å². The van der Waals surface area contributed by atoms with E-state index in [4.69, 9.17) is 27.9 Å². The molecule has 31 heavy (non-hydrogen) atoms. The van der Waals surface area contributed by atoms with Crippen LogP contribution in [0.5, 0.6) is 5.75 Å². The average molecular weight is 469 g/mol. The van der Waals surface area contributed by atoms with Crippen LogP contribution in [0.2, 0.25) is 10.0 Å². The van der Waals surface area contributed by atoms with Gasteiger partial charge in [0.2, 0.25) is 5.91 Å². The van der Waals surface area contributed by atoms with E-state index in [1.807, 2.05) is 20.8 Å². The number of halogens is 3. The van der Waals surface area contributed by atoms with Crippen molar-refractivity contribution in [2.24, 2.45) is 5.92 Å². The SMILES string of the molecule is CC[C@@H](C(=O)NCC(C)C)N(Cc1ccc(Cl)cc1Cl)C(=O)COc1ccccc1F. The van der Waals surface area contributed by atoms with Crippen molar-refractivity contribution >= 4 is 35.0 Å². The summed E-state index contributed by atoms with van der Waals surface area (Å²) in [7, 11) is 0. The van der Waals surface area contributed by atoms with Gasteiger partial charge in [0.1, 0.15) is 6.04 Å². The van der Waals surface area contributed by atoms with Crippen molar-refractivity contribution < 1.29 is 18.7 Å². The minimum atomic E-state index is -0.734. The van der Waals surface area contributed by atoms with Crippen molar-refractivity contribution in [2.75, 3.05) is 13.2 Å². The third-order valence-electron chi connectivity index (χ3n) is 4.61. The molecule has 0 aliphatic carbocycles. The molecule has 0 saturated carbocycles. The summed E-state index contributed by atoms with van der Waals surface area (Å²) in [4.78, 5) is 27.3. The van der Waals surface area contributed by atoms with Gasteiger partial charge in [0.05, 0.1) is 0 Å². The lowest BCUT2D eigenvalue weighted by atomic mass is 10.1. The van der Waals surface area contributed by atoms with Gasteiger partial charge >= 0.3 is 0 Å². The summed E-state index contributed by atoms with van der Waals surface area (Å²) in [5, 5.41) is 3.73. The molecule has 2 aromatic carbocycles. The molecule has 0 unspecified atom stereocenters. The van der Waals surface area contributed by atoms with E-state index in [0.717, 1.165) is 0 Å². The minimum Gasteiger partial charge on any atom is -0.481 e. The molecule has 0 aliphatic rings. The molecule has 168 valence electrons. The molecule has 0 aliphatic heterocycles. The number of nitrogens with one attached hydrogen (secondary N) is 1. The zero-order valence-electron chi connectivity index (χ0n) is 17.8. The molecule has 2 aromatic rings. The summed E-state index contributed by atoms with van der Waals surface area (Å²) in [5.41, 5.74) is 0.639. The maximum atomic E-state index is 13.9. The number of ether oxygens (including phenoxy) is 1. The van der Waals surface area contributed by atoms with E-state index >= 15 is 0 Å². The van der Waals surface area contributed by atoms with Crippen molar-refractivity contribution in [3.05, 3.63) is 63.9 Å². The first-order chi connectivity index (χ1) is 14.7. The Labute approximate surface area is 192 Å². The number of benzene rings is 2. The maximum absolute atomic E-state index is 13.9. The molecular weight excluding hydrogens is 442 g/mol. The standard InChI is InChI=1S/C23H27Cl2FN2O3/c1-4-20(23(30)27-12-15(2)3)28(13-16-9-10-17(24)11-18(16)25)22(29)14-31-21-8-6-5-7-19(21)26/h5-11,15,20H,4,12-14H2,1-3H3,(H,27,30)/t20-/m0/s1. The number of hydrogen-bond donors (Lipinski definition) is 1. The highest BCUT2D eigenvalue weighted by atomic mass is 35.5. The third kappa shape index (κ3) is 7.40. The Morgan fingerprint density at radius 1 is 1.16 bits per heavy atom. The molecule has 0 radical (unpaired) electrons. The molecule has 0 heterocycles. The van der Waals surface area contributed by atoms with Crippen molar-refractivity contribution in [3.8, 4) is 5.75 Å². The van der Waals surface area contributed by atoms with Gasteiger partial charge < -0.3 is 15.0 Å². The fraction of sp³-hybridized carbons (Fsp3) is 0.391. The highest BCUT2D eigenvalue weighted by Crippen LogP contribution is 2.24. The van der Waals surface area contributed by atoms with E-state index in [9.17, 15) is 14.0 Å². The summed E-state index contributed by atoms with van der Waals surface area (Å²) in [6.45, 7) is 5.95. The van der Waals surface area contributed by atoms with Crippen molar-refractivity contribution in [1.29, 1.82) is 0 Å². The maximum Gasteiger partial charge on any atom is 0.261 e. The Bertz CT molecular complexity index is 908. The minimum absolute atomic E-state index is 0.0300. The molecule has 1 N–H and O–H groups in total. The highest BCUT2D eigenvalue weighted by molar-refractivity contribution is 6.35. The summed E-state index contributed by atoms with van der Waals surface area (Å²) >= 11 is 12.3. The van der Waals surface area contributed by atoms with E-state index in [0.29, 0.717) is 28.6 Å².